The maximum atomic E-state index is 11.9. The molecule has 0 bridgehead atoms. The quantitative estimate of drug-likeness (QED) is 0.756. The Morgan fingerprint density at radius 3 is 2.68 bits per heavy atom. The molecule has 1 N–H and O–H groups in total. The molecule has 0 unspecified atom stereocenters. The smallest absolute Gasteiger partial charge is 0.340 e. The predicted octanol–water partition coefficient (Wildman–Crippen LogP) is 4.31. The minimum absolute atomic E-state index is 0.324. The number of hydrogen-bond acceptors (Lipinski definition) is 4. The number of carbonyl (C=O) groups excluding carboxylic acids is 1. The normalized spacial score (nSPS) is 16.2. The van der Waals surface area contributed by atoms with Gasteiger partial charge in [-0.2, -0.15) is 11.8 Å². The highest BCUT2D eigenvalue weighted by Crippen LogP contribution is 2.33. The maximum absolute atomic E-state index is 11.9. The molecule has 3 nitrogen and oxygen atoms in total. The number of methoxy groups -OCH3 is 1. The lowest BCUT2D eigenvalue weighted by Crippen LogP contribution is -2.26. The van der Waals surface area contributed by atoms with Crippen LogP contribution in [0.25, 0.3) is 0 Å². The summed E-state index contributed by atoms with van der Waals surface area (Å²) in [6, 6.07) is 4.14. The lowest BCUT2D eigenvalue weighted by atomic mass is 10.1. The summed E-state index contributed by atoms with van der Waals surface area (Å²) < 4.78 is 6.58. The SMILES string of the molecule is COC(=O)c1cc(Br)cc(Br)c1NC1CCSCC1. The number of hydrogen-bond donors (Lipinski definition) is 1. The molecule has 1 saturated heterocycles. The molecule has 0 atom stereocenters. The summed E-state index contributed by atoms with van der Waals surface area (Å²) in [5.41, 5.74) is 1.38. The number of anilines is 1. The highest BCUT2D eigenvalue weighted by molar-refractivity contribution is 9.11. The molecule has 0 aromatic heterocycles. The molecule has 1 aliphatic heterocycles. The summed E-state index contributed by atoms with van der Waals surface area (Å²) >= 11 is 8.90. The highest BCUT2D eigenvalue weighted by Gasteiger charge is 2.20. The number of benzene rings is 1. The van der Waals surface area contributed by atoms with E-state index in [0.717, 1.165) is 27.5 Å². The van der Waals surface area contributed by atoms with E-state index in [1.54, 1.807) is 6.07 Å². The van der Waals surface area contributed by atoms with Crippen LogP contribution in [0.5, 0.6) is 0 Å². The Hall–Kier alpha value is -0.200. The van der Waals surface area contributed by atoms with Crippen LogP contribution in [-0.4, -0.2) is 30.6 Å². The first-order valence-electron chi connectivity index (χ1n) is 6.03. The number of carbonyl (C=O) groups is 1. The number of nitrogens with one attached hydrogen (secondary N) is 1. The number of rotatable bonds is 3. The summed E-state index contributed by atoms with van der Waals surface area (Å²) in [5, 5.41) is 3.48. The van der Waals surface area contributed by atoms with Gasteiger partial charge in [-0.05, 0) is 52.4 Å². The van der Waals surface area contributed by atoms with Crippen molar-refractivity contribution in [1.82, 2.24) is 0 Å². The summed E-state index contributed by atoms with van der Waals surface area (Å²) in [4.78, 5) is 11.9. The zero-order valence-corrected chi connectivity index (χ0v) is 14.5. The van der Waals surface area contributed by atoms with Gasteiger partial charge >= 0.3 is 5.97 Å². The zero-order valence-electron chi connectivity index (χ0n) is 10.5. The number of thioether (sulfide) groups is 1. The van der Waals surface area contributed by atoms with E-state index in [1.807, 2.05) is 17.8 Å². The molecule has 1 fully saturated rings. The molecule has 104 valence electrons. The van der Waals surface area contributed by atoms with Crippen LogP contribution in [-0.2, 0) is 4.74 Å². The van der Waals surface area contributed by atoms with Gasteiger partial charge in [-0.15, -0.1) is 0 Å². The number of esters is 1. The topological polar surface area (TPSA) is 38.3 Å². The average Bonchev–Trinajstić information content (AvgIpc) is 2.42. The second-order valence-electron chi connectivity index (χ2n) is 4.33. The molecule has 1 aromatic rings. The van der Waals surface area contributed by atoms with Crippen LogP contribution in [0.3, 0.4) is 0 Å². The summed E-state index contributed by atoms with van der Waals surface area (Å²) in [7, 11) is 1.40. The van der Waals surface area contributed by atoms with Gasteiger partial charge in [0.05, 0.1) is 18.4 Å². The van der Waals surface area contributed by atoms with Crippen molar-refractivity contribution in [3.8, 4) is 0 Å². The Morgan fingerprint density at radius 1 is 1.37 bits per heavy atom. The lowest BCUT2D eigenvalue weighted by molar-refractivity contribution is 0.0601. The third-order valence-corrected chi connectivity index (χ3v) is 5.16. The summed E-state index contributed by atoms with van der Waals surface area (Å²) in [6.07, 6.45) is 2.24. The monoisotopic (exact) mass is 407 g/mol. The van der Waals surface area contributed by atoms with Crippen LogP contribution in [0.1, 0.15) is 23.2 Å². The van der Waals surface area contributed by atoms with E-state index in [-0.39, 0.29) is 5.97 Å². The molecule has 19 heavy (non-hydrogen) atoms. The standard InChI is InChI=1S/C13H15Br2NO2S/c1-18-13(17)10-6-8(14)7-11(15)12(10)16-9-2-4-19-5-3-9/h6-7,9,16H,2-5H2,1H3. The maximum Gasteiger partial charge on any atom is 0.340 e. The molecule has 1 aromatic carbocycles. The molecule has 0 saturated carbocycles. The van der Waals surface area contributed by atoms with E-state index >= 15 is 0 Å². The largest absolute Gasteiger partial charge is 0.465 e. The fourth-order valence-corrected chi connectivity index (χ4v) is 4.48. The molecular weight excluding hydrogens is 394 g/mol. The van der Waals surface area contributed by atoms with E-state index in [2.05, 4.69) is 37.2 Å². The third kappa shape index (κ3) is 3.89. The molecular formula is C13H15Br2NO2S. The Morgan fingerprint density at radius 2 is 2.05 bits per heavy atom. The second kappa shape index (κ2) is 6.99. The van der Waals surface area contributed by atoms with E-state index in [4.69, 9.17) is 4.74 Å². The van der Waals surface area contributed by atoms with Crippen LogP contribution in [0.4, 0.5) is 5.69 Å². The van der Waals surface area contributed by atoms with Crippen molar-refractivity contribution < 1.29 is 9.53 Å². The molecule has 0 spiro atoms. The van der Waals surface area contributed by atoms with Gasteiger partial charge in [0.2, 0.25) is 0 Å². The van der Waals surface area contributed by atoms with Crippen molar-refractivity contribution in [2.45, 2.75) is 18.9 Å². The minimum atomic E-state index is -0.324. The third-order valence-electron chi connectivity index (χ3n) is 3.03. The first-order chi connectivity index (χ1) is 9.11. The van der Waals surface area contributed by atoms with Gasteiger partial charge in [0.25, 0.3) is 0 Å². The Kier molecular flexibility index (Phi) is 5.59. The first kappa shape index (κ1) is 15.2. The van der Waals surface area contributed by atoms with E-state index in [1.165, 1.54) is 18.6 Å². The van der Waals surface area contributed by atoms with Crippen LogP contribution < -0.4 is 5.32 Å². The van der Waals surface area contributed by atoms with E-state index in [9.17, 15) is 4.79 Å². The number of ether oxygens (including phenoxy) is 1. The van der Waals surface area contributed by atoms with Gasteiger partial charge in [-0.3, -0.25) is 0 Å². The predicted molar refractivity (Wildman–Crippen MR) is 87.2 cm³/mol. The van der Waals surface area contributed by atoms with Crippen LogP contribution in [0.15, 0.2) is 21.1 Å². The molecule has 0 aliphatic carbocycles. The van der Waals surface area contributed by atoms with Crippen LogP contribution >= 0.6 is 43.6 Å². The Labute approximate surface area is 134 Å². The Balaban J connectivity index is 2.28. The van der Waals surface area contributed by atoms with Gasteiger partial charge in [-0.25, -0.2) is 4.79 Å². The van der Waals surface area contributed by atoms with Crippen LogP contribution in [0.2, 0.25) is 0 Å². The van der Waals surface area contributed by atoms with Gasteiger partial charge in [0.15, 0.2) is 0 Å². The lowest BCUT2D eigenvalue weighted by Gasteiger charge is -2.25. The van der Waals surface area contributed by atoms with Crippen molar-refractivity contribution in [2.75, 3.05) is 23.9 Å². The fraction of sp³-hybridized carbons (Fsp3) is 0.462. The molecule has 1 aliphatic rings. The van der Waals surface area contributed by atoms with Gasteiger partial charge in [0.1, 0.15) is 0 Å². The molecule has 0 radical (unpaired) electrons. The number of halogens is 2. The van der Waals surface area contributed by atoms with Gasteiger partial charge in [0, 0.05) is 15.0 Å². The van der Waals surface area contributed by atoms with Crippen molar-refractivity contribution in [3.05, 3.63) is 26.6 Å². The van der Waals surface area contributed by atoms with Crippen molar-refractivity contribution in [1.29, 1.82) is 0 Å². The fourth-order valence-electron chi connectivity index (χ4n) is 2.04. The molecule has 0 amide bonds. The van der Waals surface area contributed by atoms with E-state index in [0.29, 0.717) is 11.6 Å². The zero-order chi connectivity index (χ0) is 13.8. The Bertz CT molecular complexity index is 476. The van der Waals surface area contributed by atoms with E-state index < -0.39 is 0 Å². The minimum Gasteiger partial charge on any atom is -0.465 e. The average molecular weight is 409 g/mol. The molecule has 1 heterocycles. The molecule has 2 rings (SSSR count). The van der Waals surface area contributed by atoms with Crippen molar-refractivity contribution in [2.24, 2.45) is 0 Å². The van der Waals surface area contributed by atoms with Crippen molar-refractivity contribution in [3.63, 3.8) is 0 Å². The highest BCUT2D eigenvalue weighted by atomic mass is 79.9. The second-order valence-corrected chi connectivity index (χ2v) is 7.33. The first-order valence-corrected chi connectivity index (χ1v) is 8.77. The summed E-state index contributed by atoms with van der Waals surface area (Å²) in [6.45, 7) is 0. The van der Waals surface area contributed by atoms with Crippen molar-refractivity contribution >= 4 is 55.3 Å². The van der Waals surface area contributed by atoms with Crippen LogP contribution in [0, 0.1) is 0 Å². The summed E-state index contributed by atoms with van der Waals surface area (Å²) in [5.74, 6) is 2.01. The van der Waals surface area contributed by atoms with Gasteiger partial charge in [-0.1, -0.05) is 15.9 Å². The molecule has 6 heteroatoms. The van der Waals surface area contributed by atoms with Gasteiger partial charge < -0.3 is 10.1 Å².